The molecule has 0 aliphatic rings. The molecule has 1 amide bonds. The Morgan fingerprint density at radius 1 is 1.10 bits per heavy atom. The summed E-state index contributed by atoms with van der Waals surface area (Å²) in [5.74, 6) is -0.230. The third-order valence-electron chi connectivity index (χ3n) is 4.86. The molecular weight excluding hydrogens is 396 g/mol. The minimum Gasteiger partial charge on any atom is -0.326 e. The van der Waals surface area contributed by atoms with Crippen molar-refractivity contribution in [3.63, 3.8) is 0 Å². The van der Waals surface area contributed by atoms with E-state index >= 15 is 0 Å². The minimum absolute atomic E-state index is 0.00168. The van der Waals surface area contributed by atoms with Crippen molar-refractivity contribution < 1.29 is 4.79 Å². The number of aromatic nitrogens is 3. The standard InChI is InChI=1S/C23H22N4O2S/c1-14-7-9-17(10-8-14)20-13-30-23(25-20)27-22(29)19(16(3)26-27)12-21(28)24-18-6-4-5-15(2)11-18/h4-11,13,26H,12H2,1-3H3,(H,24,28). The predicted molar refractivity (Wildman–Crippen MR) is 120 cm³/mol. The maximum absolute atomic E-state index is 12.9. The van der Waals surface area contributed by atoms with Gasteiger partial charge in [-0.3, -0.25) is 14.7 Å². The van der Waals surface area contributed by atoms with Gasteiger partial charge in [-0.25, -0.2) is 4.98 Å². The lowest BCUT2D eigenvalue weighted by molar-refractivity contribution is -0.115. The summed E-state index contributed by atoms with van der Waals surface area (Å²) in [7, 11) is 0. The highest BCUT2D eigenvalue weighted by Crippen LogP contribution is 2.24. The molecule has 2 aromatic heterocycles. The summed E-state index contributed by atoms with van der Waals surface area (Å²) in [6.07, 6.45) is -0.00168. The quantitative estimate of drug-likeness (QED) is 0.504. The SMILES string of the molecule is Cc1ccc(-c2csc(-n3[nH]c(C)c(CC(=O)Nc4cccc(C)c4)c3=O)n2)cc1. The van der Waals surface area contributed by atoms with Crippen molar-refractivity contribution in [2.45, 2.75) is 27.2 Å². The number of benzene rings is 2. The van der Waals surface area contributed by atoms with Crippen molar-refractivity contribution >= 4 is 22.9 Å². The maximum atomic E-state index is 12.9. The van der Waals surface area contributed by atoms with Crippen LogP contribution < -0.4 is 10.9 Å². The van der Waals surface area contributed by atoms with Crippen LogP contribution in [0.2, 0.25) is 0 Å². The summed E-state index contributed by atoms with van der Waals surface area (Å²) in [6.45, 7) is 5.79. The van der Waals surface area contributed by atoms with Gasteiger partial charge >= 0.3 is 0 Å². The number of carbonyl (C=O) groups excluding carboxylic acids is 1. The molecule has 0 saturated heterocycles. The zero-order valence-corrected chi connectivity index (χ0v) is 17.8. The summed E-state index contributed by atoms with van der Waals surface area (Å²) < 4.78 is 1.41. The molecule has 152 valence electrons. The van der Waals surface area contributed by atoms with Crippen LogP contribution in [-0.2, 0) is 11.2 Å². The second-order valence-corrected chi connectivity index (χ2v) is 8.17. The number of amides is 1. The van der Waals surface area contributed by atoms with Gasteiger partial charge in [0.15, 0.2) is 0 Å². The van der Waals surface area contributed by atoms with Gasteiger partial charge < -0.3 is 5.32 Å². The topological polar surface area (TPSA) is 79.8 Å². The second kappa shape index (κ2) is 8.12. The van der Waals surface area contributed by atoms with Gasteiger partial charge in [0.05, 0.1) is 12.1 Å². The number of nitrogens with zero attached hydrogens (tertiary/aromatic N) is 2. The minimum atomic E-state index is -0.253. The highest BCUT2D eigenvalue weighted by molar-refractivity contribution is 7.12. The molecule has 7 heteroatoms. The molecule has 0 radical (unpaired) electrons. The molecule has 0 atom stereocenters. The van der Waals surface area contributed by atoms with Crippen LogP contribution in [0.4, 0.5) is 5.69 Å². The van der Waals surface area contributed by atoms with E-state index in [1.54, 1.807) is 6.92 Å². The third-order valence-corrected chi connectivity index (χ3v) is 5.69. The maximum Gasteiger partial charge on any atom is 0.277 e. The second-order valence-electron chi connectivity index (χ2n) is 7.33. The van der Waals surface area contributed by atoms with Gasteiger partial charge in [0.2, 0.25) is 11.0 Å². The number of rotatable bonds is 5. The van der Waals surface area contributed by atoms with Crippen LogP contribution in [0.15, 0.2) is 58.7 Å². The van der Waals surface area contributed by atoms with Crippen molar-refractivity contribution in [2.24, 2.45) is 0 Å². The van der Waals surface area contributed by atoms with E-state index in [4.69, 9.17) is 0 Å². The van der Waals surface area contributed by atoms with Gasteiger partial charge in [0, 0.05) is 27.9 Å². The Bertz CT molecular complexity index is 1270. The molecule has 4 rings (SSSR count). The molecule has 0 aliphatic heterocycles. The van der Waals surface area contributed by atoms with Crippen LogP contribution in [0, 0.1) is 20.8 Å². The van der Waals surface area contributed by atoms with Gasteiger partial charge in [0.25, 0.3) is 5.56 Å². The normalized spacial score (nSPS) is 10.9. The van der Waals surface area contributed by atoms with Crippen LogP contribution >= 0.6 is 11.3 Å². The number of aromatic amines is 1. The molecule has 0 saturated carbocycles. The van der Waals surface area contributed by atoms with Crippen LogP contribution in [0.1, 0.15) is 22.4 Å². The molecule has 2 N–H and O–H groups in total. The Morgan fingerprint density at radius 2 is 1.87 bits per heavy atom. The van der Waals surface area contributed by atoms with Crippen molar-refractivity contribution in [3.8, 4) is 16.4 Å². The molecule has 2 aromatic carbocycles. The zero-order valence-electron chi connectivity index (χ0n) is 17.0. The molecule has 2 heterocycles. The first-order chi connectivity index (χ1) is 14.4. The summed E-state index contributed by atoms with van der Waals surface area (Å²) in [4.78, 5) is 30.0. The first-order valence-electron chi connectivity index (χ1n) is 9.60. The Balaban J connectivity index is 1.56. The van der Waals surface area contributed by atoms with Gasteiger partial charge in [-0.15, -0.1) is 11.3 Å². The zero-order chi connectivity index (χ0) is 21.3. The molecular formula is C23H22N4O2S. The van der Waals surface area contributed by atoms with E-state index in [0.29, 0.717) is 16.4 Å². The largest absolute Gasteiger partial charge is 0.326 e. The van der Waals surface area contributed by atoms with E-state index in [2.05, 4.69) is 15.4 Å². The lowest BCUT2D eigenvalue weighted by Gasteiger charge is -2.05. The fraction of sp³-hybridized carbons (Fsp3) is 0.174. The molecule has 0 bridgehead atoms. The third kappa shape index (κ3) is 4.11. The first kappa shape index (κ1) is 19.8. The summed E-state index contributed by atoms with van der Waals surface area (Å²) in [5, 5.41) is 8.37. The van der Waals surface area contributed by atoms with Crippen LogP contribution in [0.25, 0.3) is 16.4 Å². The molecule has 0 unspecified atom stereocenters. The Kier molecular flexibility index (Phi) is 5.37. The summed E-state index contributed by atoms with van der Waals surface area (Å²) in [5.41, 5.74) is 5.61. The molecule has 30 heavy (non-hydrogen) atoms. The van der Waals surface area contributed by atoms with Gasteiger partial charge in [-0.2, -0.15) is 4.68 Å². The number of thiazole rings is 1. The molecule has 6 nitrogen and oxygen atoms in total. The number of aryl methyl sites for hydroxylation is 3. The van der Waals surface area contributed by atoms with Crippen LogP contribution in [-0.4, -0.2) is 20.7 Å². The van der Waals surface area contributed by atoms with E-state index in [1.807, 2.05) is 67.8 Å². The molecule has 0 aliphatic carbocycles. The van der Waals surface area contributed by atoms with E-state index in [-0.39, 0.29) is 17.9 Å². The fourth-order valence-electron chi connectivity index (χ4n) is 3.24. The van der Waals surface area contributed by atoms with Crippen LogP contribution in [0.3, 0.4) is 0 Å². The van der Waals surface area contributed by atoms with Crippen molar-refractivity contribution in [2.75, 3.05) is 5.32 Å². The van der Waals surface area contributed by atoms with E-state index in [1.165, 1.54) is 21.6 Å². The Hall–Kier alpha value is -3.45. The lowest BCUT2D eigenvalue weighted by atomic mass is 10.1. The smallest absolute Gasteiger partial charge is 0.277 e. The average Bonchev–Trinajstić information content (AvgIpc) is 3.29. The van der Waals surface area contributed by atoms with Crippen molar-refractivity contribution in [1.82, 2.24) is 14.8 Å². The molecule has 4 aromatic rings. The highest BCUT2D eigenvalue weighted by atomic mass is 32.1. The average molecular weight is 419 g/mol. The summed E-state index contributed by atoms with van der Waals surface area (Å²) >= 11 is 1.38. The van der Waals surface area contributed by atoms with Crippen LogP contribution in [0.5, 0.6) is 0 Å². The van der Waals surface area contributed by atoms with Crippen molar-refractivity contribution in [3.05, 3.63) is 86.6 Å². The first-order valence-corrected chi connectivity index (χ1v) is 10.5. The highest BCUT2D eigenvalue weighted by Gasteiger charge is 2.18. The number of carbonyl (C=O) groups is 1. The number of hydrogen-bond acceptors (Lipinski definition) is 4. The number of hydrogen-bond donors (Lipinski definition) is 2. The van der Waals surface area contributed by atoms with Gasteiger partial charge in [-0.1, -0.05) is 42.0 Å². The van der Waals surface area contributed by atoms with E-state index in [9.17, 15) is 9.59 Å². The van der Waals surface area contributed by atoms with Gasteiger partial charge in [0.1, 0.15) is 0 Å². The number of H-pyrrole nitrogens is 1. The van der Waals surface area contributed by atoms with Gasteiger partial charge in [-0.05, 0) is 38.5 Å². The summed E-state index contributed by atoms with van der Waals surface area (Å²) in [6, 6.07) is 15.7. The molecule has 0 fully saturated rings. The lowest BCUT2D eigenvalue weighted by Crippen LogP contribution is -2.22. The van der Waals surface area contributed by atoms with Crippen molar-refractivity contribution in [1.29, 1.82) is 0 Å². The Labute approximate surface area is 178 Å². The van der Waals surface area contributed by atoms with E-state index in [0.717, 1.165) is 22.5 Å². The predicted octanol–water partition coefficient (Wildman–Crippen LogP) is 4.40. The Morgan fingerprint density at radius 3 is 2.60 bits per heavy atom. The monoisotopic (exact) mass is 418 g/mol. The fourth-order valence-corrected chi connectivity index (χ4v) is 4.03. The molecule has 0 spiro atoms. The van der Waals surface area contributed by atoms with E-state index < -0.39 is 0 Å². The number of nitrogens with one attached hydrogen (secondary N) is 2. The number of anilines is 1.